The number of allylic oxidation sites excluding steroid dienone is 1. The van der Waals surface area contributed by atoms with Crippen LogP contribution in [0.1, 0.15) is 195 Å². The Balaban J connectivity index is 2.40. The van der Waals surface area contributed by atoms with Crippen molar-refractivity contribution in [3.8, 4) is 0 Å². The zero-order valence-corrected chi connectivity index (χ0v) is 43.9. The molecule has 0 radical (unpaired) electrons. The van der Waals surface area contributed by atoms with E-state index in [9.17, 15) is 15.0 Å². The molecule has 2 atom stereocenters. The van der Waals surface area contributed by atoms with Crippen LogP contribution in [-0.4, -0.2) is 114 Å². The van der Waals surface area contributed by atoms with Crippen molar-refractivity contribution in [2.75, 3.05) is 75.5 Å². The number of rotatable bonds is 47. The summed E-state index contributed by atoms with van der Waals surface area (Å²) in [5.41, 5.74) is 1.47. The Bertz CT molecular complexity index is 975. The van der Waals surface area contributed by atoms with Gasteiger partial charge in [0.15, 0.2) is 0 Å². The monoisotopic (exact) mass is 957 g/mol. The fraction of sp³-hybridized carbons (Fsp3) is 0.936. The molecule has 1 aliphatic carbocycles. The number of hydrogen-bond donors (Lipinski definition) is 2. The van der Waals surface area contributed by atoms with Crippen LogP contribution in [0.2, 0.25) is 0 Å². The first kappa shape index (κ1) is 59.0. The second kappa shape index (κ2) is 45.1. The third-order valence-electron chi connectivity index (χ3n) is 11.1. The Morgan fingerprint density at radius 2 is 0.950 bits per heavy atom. The van der Waals surface area contributed by atoms with E-state index in [-0.39, 0.29) is 31.4 Å². The number of esters is 1. The number of unbranched alkanes of at least 4 members (excludes halogenated alkanes) is 18. The van der Waals surface area contributed by atoms with E-state index in [0.29, 0.717) is 26.1 Å². The summed E-state index contributed by atoms with van der Waals surface area (Å²) in [5.74, 6) is 5.24. The highest BCUT2D eigenvalue weighted by atomic mass is 33.5. The predicted molar refractivity (Wildman–Crippen MR) is 277 cm³/mol. The largest absolute Gasteiger partial charge is 0.494 e. The summed E-state index contributed by atoms with van der Waals surface area (Å²) in [6.07, 6.45) is 33.3. The molecule has 0 heterocycles. The molecule has 2 unspecified atom stereocenters. The van der Waals surface area contributed by atoms with E-state index in [1.54, 1.807) is 10.8 Å². The Morgan fingerprint density at radius 1 is 0.533 bits per heavy atom. The van der Waals surface area contributed by atoms with Crippen LogP contribution in [0.25, 0.3) is 0 Å². The smallest absolute Gasteiger partial charge is 0.307 e. The Labute approximate surface area is 394 Å². The number of aliphatic hydroxyl groups is 2. The quantitative estimate of drug-likeness (QED) is 0.0263. The van der Waals surface area contributed by atoms with E-state index in [0.717, 1.165) is 56.8 Å². The van der Waals surface area contributed by atoms with Crippen molar-refractivity contribution in [3.05, 3.63) is 11.3 Å². The van der Waals surface area contributed by atoms with Gasteiger partial charge in [-0.05, 0) is 90.7 Å². The topological polar surface area (TPSA) is 82.5 Å². The third kappa shape index (κ3) is 37.2. The molecular formula is C47H92N2O5S6. The van der Waals surface area contributed by atoms with Crippen molar-refractivity contribution in [1.29, 1.82) is 0 Å². The minimum absolute atomic E-state index is 0.0872. The number of aliphatic hydroxyl groups excluding tert-OH is 2. The zero-order chi connectivity index (χ0) is 43.6. The van der Waals surface area contributed by atoms with Crippen molar-refractivity contribution in [1.82, 2.24) is 9.80 Å². The second-order valence-corrected chi connectivity index (χ2v) is 25.6. The van der Waals surface area contributed by atoms with Gasteiger partial charge in [-0.25, -0.2) is 0 Å². The van der Waals surface area contributed by atoms with Gasteiger partial charge in [0, 0.05) is 55.6 Å². The Hall–Kier alpha value is 0.950. The predicted octanol–water partition coefficient (Wildman–Crippen LogP) is 14.4. The van der Waals surface area contributed by atoms with E-state index in [2.05, 4.69) is 30.6 Å². The van der Waals surface area contributed by atoms with Crippen molar-refractivity contribution in [2.45, 2.75) is 207 Å². The molecule has 0 bridgehead atoms. The fourth-order valence-electron chi connectivity index (χ4n) is 7.21. The molecule has 60 heavy (non-hydrogen) atoms. The van der Waals surface area contributed by atoms with Gasteiger partial charge >= 0.3 is 5.97 Å². The highest BCUT2D eigenvalue weighted by molar-refractivity contribution is 9.09. The minimum atomic E-state index is -0.124. The number of carbonyl (C=O) groups is 1. The van der Waals surface area contributed by atoms with Gasteiger partial charge in [0.05, 0.1) is 25.4 Å². The molecule has 1 fully saturated rings. The lowest BCUT2D eigenvalue weighted by atomic mass is 9.90. The SMILES string of the molecule is CCCCCCCCCCCCSSSCC(C)OC(=O)CCN(CCCN(CCO)CCO)CCC(OC(C)CSSSCCCCCCCCCCCC)=C1CCC1. The van der Waals surface area contributed by atoms with E-state index < -0.39 is 0 Å². The van der Waals surface area contributed by atoms with Gasteiger partial charge in [-0.2, -0.15) is 0 Å². The summed E-state index contributed by atoms with van der Waals surface area (Å²) >= 11 is 0. The molecule has 356 valence electrons. The summed E-state index contributed by atoms with van der Waals surface area (Å²) < 4.78 is 12.5. The first-order chi connectivity index (χ1) is 29.4. The molecule has 0 aromatic heterocycles. The minimum Gasteiger partial charge on any atom is -0.494 e. The Kier molecular flexibility index (Phi) is 44.3. The first-order valence-electron chi connectivity index (χ1n) is 24.5. The number of carbonyl (C=O) groups excluding carboxylic acids is 1. The summed E-state index contributed by atoms with van der Waals surface area (Å²) in [4.78, 5) is 17.5. The summed E-state index contributed by atoms with van der Waals surface area (Å²) in [6.45, 7) is 13.2. The normalized spacial score (nSPS) is 13.9. The van der Waals surface area contributed by atoms with Crippen LogP contribution in [0.15, 0.2) is 11.3 Å². The van der Waals surface area contributed by atoms with Gasteiger partial charge in [-0.15, -0.1) is 0 Å². The maximum absolute atomic E-state index is 13.0. The average molecular weight is 958 g/mol. The van der Waals surface area contributed by atoms with E-state index in [4.69, 9.17) is 9.47 Å². The molecule has 0 saturated heterocycles. The lowest BCUT2D eigenvalue weighted by Crippen LogP contribution is -2.35. The standard InChI is InChI=1S/C47H92N2O5S6/c1-5-7-9-11-13-15-17-19-21-23-39-55-59-57-41-43(3)53-46(45-27-25-28-45)29-33-48(31-26-32-49(35-37-50)36-38-51)34-30-47(52)54-44(4)42-58-60-56-40-24-22-20-18-16-14-12-10-8-6-2/h43-44,50-51H,5-42H2,1-4H3. The fourth-order valence-corrected chi connectivity index (χ4v) is 15.2. The number of nitrogens with zero attached hydrogens (tertiary/aromatic N) is 2. The van der Waals surface area contributed by atoms with Crippen LogP contribution in [0.5, 0.6) is 0 Å². The lowest BCUT2D eigenvalue weighted by molar-refractivity contribution is -0.147. The number of ether oxygens (including phenoxy) is 2. The van der Waals surface area contributed by atoms with Gasteiger partial charge < -0.3 is 24.6 Å². The van der Waals surface area contributed by atoms with E-state index in [1.165, 1.54) is 158 Å². The van der Waals surface area contributed by atoms with Gasteiger partial charge in [-0.1, -0.05) is 173 Å². The molecule has 7 nitrogen and oxygen atoms in total. The Morgan fingerprint density at radius 3 is 1.38 bits per heavy atom. The molecule has 0 amide bonds. The highest BCUT2D eigenvalue weighted by Crippen LogP contribution is 2.38. The van der Waals surface area contributed by atoms with Crippen LogP contribution >= 0.6 is 62.8 Å². The molecular weight excluding hydrogens is 865 g/mol. The molecule has 0 aromatic rings. The van der Waals surface area contributed by atoms with Crippen molar-refractivity contribution in [3.63, 3.8) is 0 Å². The van der Waals surface area contributed by atoms with Gasteiger partial charge in [0.2, 0.25) is 0 Å². The highest BCUT2D eigenvalue weighted by Gasteiger charge is 2.20. The molecule has 2 N–H and O–H groups in total. The maximum Gasteiger partial charge on any atom is 0.307 e. The van der Waals surface area contributed by atoms with Crippen LogP contribution in [0.3, 0.4) is 0 Å². The van der Waals surface area contributed by atoms with Crippen molar-refractivity contribution >= 4 is 68.8 Å². The summed E-state index contributed by atoms with van der Waals surface area (Å²) in [5, 5.41) is 19.0. The molecule has 1 rings (SSSR count). The summed E-state index contributed by atoms with van der Waals surface area (Å²) in [6, 6.07) is 0. The van der Waals surface area contributed by atoms with Crippen molar-refractivity contribution < 1.29 is 24.5 Å². The third-order valence-corrected chi connectivity index (χ3v) is 20.0. The van der Waals surface area contributed by atoms with Gasteiger partial charge in [0.1, 0.15) is 12.2 Å². The molecule has 0 aliphatic heterocycles. The average Bonchev–Trinajstić information content (AvgIpc) is 3.21. The van der Waals surface area contributed by atoms with Gasteiger partial charge in [0.25, 0.3) is 0 Å². The van der Waals surface area contributed by atoms with Crippen LogP contribution < -0.4 is 0 Å². The molecule has 0 spiro atoms. The first-order valence-corrected chi connectivity index (χ1v) is 32.1. The number of hydrogen-bond acceptors (Lipinski definition) is 13. The molecule has 0 aromatic carbocycles. The van der Waals surface area contributed by atoms with E-state index in [1.807, 2.05) is 59.0 Å². The second-order valence-electron chi connectivity index (χ2n) is 16.8. The van der Waals surface area contributed by atoms with Crippen LogP contribution in [0.4, 0.5) is 0 Å². The van der Waals surface area contributed by atoms with Crippen LogP contribution in [0, 0.1) is 0 Å². The van der Waals surface area contributed by atoms with E-state index >= 15 is 0 Å². The zero-order valence-electron chi connectivity index (χ0n) is 39.0. The van der Waals surface area contributed by atoms with Crippen molar-refractivity contribution in [2.24, 2.45) is 0 Å². The molecule has 1 saturated carbocycles. The van der Waals surface area contributed by atoms with Gasteiger partial charge in [-0.3, -0.25) is 9.69 Å². The lowest BCUT2D eigenvalue weighted by Gasteiger charge is -2.28. The molecule has 1 aliphatic rings. The maximum atomic E-state index is 13.0. The summed E-state index contributed by atoms with van der Waals surface area (Å²) in [7, 11) is 11.4. The van der Waals surface area contributed by atoms with Crippen LogP contribution in [-0.2, 0) is 14.3 Å². The molecule has 13 heteroatoms.